The molecule has 4 aliphatic rings. The van der Waals surface area contributed by atoms with Crippen molar-refractivity contribution in [3.05, 3.63) is 52.7 Å². The average molecular weight is 574 g/mol. The van der Waals surface area contributed by atoms with Gasteiger partial charge in [0.05, 0.1) is 49.1 Å². The highest BCUT2D eigenvalue weighted by molar-refractivity contribution is 6.36. The van der Waals surface area contributed by atoms with Crippen molar-refractivity contribution in [2.45, 2.75) is 50.4 Å². The second-order valence-corrected chi connectivity index (χ2v) is 11.9. The van der Waals surface area contributed by atoms with Gasteiger partial charge in [0.2, 0.25) is 0 Å². The molecule has 5 heterocycles. The van der Waals surface area contributed by atoms with Crippen molar-refractivity contribution in [1.82, 2.24) is 20.2 Å². The molecule has 0 saturated carbocycles. The highest BCUT2D eigenvalue weighted by atomic mass is 35.5. The van der Waals surface area contributed by atoms with E-state index in [1.165, 1.54) is 5.56 Å². The molecule has 0 aliphatic carbocycles. The van der Waals surface area contributed by atoms with E-state index in [2.05, 4.69) is 50.4 Å². The Labute approximate surface area is 246 Å². The van der Waals surface area contributed by atoms with Crippen LogP contribution in [0.1, 0.15) is 30.5 Å². The molecule has 3 atom stereocenters. The van der Waals surface area contributed by atoms with Crippen molar-refractivity contribution in [3.63, 3.8) is 0 Å². The number of rotatable bonds is 8. The van der Waals surface area contributed by atoms with Crippen molar-refractivity contribution >= 4 is 33.9 Å². The molecule has 9 nitrogen and oxygen atoms in total. The second kappa shape index (κ2) is 11.6. The fourth-order valence-electron chi connectivity index (χ4n) is 6.91. The van der Waals surface area contributed by atoms with Gasteiger partial charge in [-0.25, -0.2) is 0 Å². The van der Waals surface area contributed by atoms with Gasteiger partial charge in [-0.15, -0.1) is 0 Å². The summed E-state index contributed by atoms with van der Waals surface area (Å²) in [4.78, 5) is 17.2. The van der Waals surface area contributed by atoms with E-state index in [4.69, 9.17) is 31.0 Å². The minimum atomic E-state index is 0.126. The van der Waals surface area contributed by atoms with Crippen LogP contribution in [-0.4, -0.2) is 85.5 Å². The molecule has 0 spiro atoms. The number of anilines is 2. The van der Waals surface area contributed by atoms with E-state index in [-0.39, 0.29) is 6.04 Å². The predicted molar refractivity (Wildman–Crippen MR) is 160 cm³/mol. The summed E-state index contributed by atoms with van der Waals surface area (Å²) in [5.41, 5.74) is 3.32. The smallest absolute Gasteiger partial charge is 0.318 e. The fraction of sp³-hybridized carbons (Fsp3) is 0.516. The molecule has 0 amide bonds. The summed E-state index contributed by atoms with van der Waals surface area (Å²) in [6.07, 6.45) is 3.81. The normalized spacial score (nSPS) is 24.0. The fourth-order valence-corrected chi connectivity index (χ4v) is 7.19. The first-order valence-electron chi connectivity index (χ1n) is 14.8. The summed E-state index contributed by atoms with van der Waals surface area (Å²) in [5.74, 6) is 0.957. The second-order valence-electron chi connectivity index (χ2n) is 11.5. The molecule has 41 heavy (non-hydrogen) atoms. The molecule has 7 rings (SSSR count). The molecule has 4 aliphatic heterocycles. The van der Waals surface area contributed by atoms with Crippen molar-refractivity contribution < 1.29 is 9.47 Å². The van der Waals surface area contributed by atoms with Gasteiger partial charge in [-0.2, -0.15) is 15.2 Å². The Kier molecular flexibility index (Phi) is 7.57. The Morgan fingerprint density at radius 2 is 2.02 bits per heavy atom. The highest BCUT2D eigenvalue weighted by Crippen LogP contribution is 2.37. The molecule has 0 unspecified atom stereocenters. The Hall–Kier alpha value is -3.16. The van der Waals surface area contributed by atoms with E-state index < -0.39 is 0 Å². The number of hydrogen-bond donors (Lipinski definition) is 1. The van der Waals surface area contributed by atoms with Gasteiger partial charge >= 0.3 is 6.01 Å². The summed E-state index contributed by atoms with van der Waals surface area (Å²) < 4.78 is 12.0. The monoisotopic (exact) mass is 573 g/mol. The summed E-state index contributed by atoms with van der Waals surface area (Å²) in [7, 11) is 0. The molecular formula is C31H36ClN7O2. The lowest BCUT2D eigenvalue weighted by atomic mass is 10.0. The zero-order chi connectivity index (χ0) is 27.8. The Balaban J connectivity index is 1.14. The number of fused-ring (bicyclic) bond motifs is 4. The lowest BCUT2D eigenvalue weighted by Crippen LogP contribution is -2.51. The molecule has 214 valence electrons. The third-order valence-corrected chi connectivity index (χ3v) is 9.24. The molecule has 3 aromatic rings. The standard InChI is InChI=1S/C31H36ClN7O2/c32-26-6-1-4-21-5-2-7-28(29(21)26)38-13-9-25-27(19-38)35-31(36-30(25)39-14-11-34-22(17-39)8-10-33)40-15-3-12-37-18-24-16-23(37)20-41-24/h1-2,4-7,22-24,34H,3,8-9,11-20H2/t22-,23-,24-/m0/s1. The summed E-state index contributed by atoms with van der Waals surface area (Å²) >= 11 is 6.69. The number of halogens is 1. The third kappa shape index (κ3) is 5.42. The first kappa shape index (κ1) is 26.7. The van der Waals surface area contributed by atoms with E-state index in [9.17, 15) is 5.26 Å². The minimum absolute atomic E-state index is 0.126. The number of likely N-dealkylation sites (tertiary alicyclic amines) is 1. The third-order valence-electron chi connectivity index (χ3n) is 8.92. The number of aromatic nitrogens is 2. The van der Waals surface area contributed by atoms with Crippen LogP contribution in [0.3, 0.4) is 0 Å². The lowest BCUT2D eigenvalue weighted by Gasteiger charge is -2.37. The molecular weight excluding hydrogens is 538 g/mol. The van der Waals surface area contributed by atoms with Gasteiger partial charge in [-0.3, -0.25) is 4.90 Å². The summed E-state index contributed by atoms with van der Waals surface area (Å²) in [5, 5.41) is 15.7. The largest absolute Gasteiger partial charge is 0.463 e. The van der Waals surface area contributed by atoms with E-state index in [0.717, 1.165) is 98.1 Å². The van der Waals surface area contributed by atoms with Gasteiger partial charge in [0.25, 0.3) is 0 Å². The van der Waals surface area contributed by atoms with Gasteiger partial charge in [0.15, 0.2) is 0 Å². The number of nitriles is 1. The SMILES string of the molecule is N#CC[C@H]1CN(c2nc(OCCCN3C[C@@H]4C[C@H]3CO4)nc3c2CCN(c2cccc4cccc(Cl)c24)C3)CCN1. The maximum atomic E-state index is 9.30. The minimum Gasteiger partial charge on any atom is -0.463 e. The summed E-state index contributed by atoms with van der Waals surface area (Å²) in [6, 6.07) is 15.9. The molecule has 2 bridgehead atoms. The molecule has 1 aromatic heterocycles. The maximum Gasteiger partial charge on any atom is 0.318 e. The van der Waals surface area contributed by atoms with Crippen LogP contribution in [0.4, 0.5) is 11.5 Å². The Morgan fingerprint density at radius 1 is 1.12 bits per heavy atom. The number of hydrogen-bond acceptors (Lipinski definition) is 9. The number of morpholine rings is 1. The highest BCUT2D eigenvalue weighted by Gasteiger charge is 2.38. The topological polar surface area (TPSA) is 89.8 Å². The van der Waals surface area contributed by atoms with E-state index >= 15 is 0 Å². The molecule has 3 saturated heterocycles. The van der Waals surface area contributed by atoms with Crippen molar-refractivity contribution in [1.29, 1.82) is 5.26 Å². The van der Waals surface area contributed by atoms with Gasteiger partial charge in [0, 0.05) is 68.0 Å². The first-order valence-corrected chi connectivity index (χ1v) is 15.2. The van der Waals surface area contributed by atoms with Crippen molar-refractivity contribution in [2.24, 2.45) is 0 Å². The van der Waals surface area contributed by atoms with Gasteiger partial charge < -0.3 is 24.6 Å². The Morgan fingerprint density at radius 3 is 2.85 bits per heavy atom. The van der Waals surface area contributed by atoms with E-state index in [1.54, 1.807) is 0 Å². The zero-order valence-electron chi connectivity index (χ0n) is 23.3. The van der Waals surface area contributed by atoms with E-state index in [1.807, 2.05) is 12.1 Å². The summed E-state index contributed by atoms with van der Waals surface area (Å²) in [6.45, 7) is 7.40. The zero-order valence-corrected chi connectivity index (χ0v) is 24.0. The predicted octanol–water partition coefficient (Wildman–Crippen LogP) is 3.78. The van der Waals surface area contributed by atoms with Crippen LogP contribution in [0.15, 0.2) is 36.4 Å². The number of nitrogens with one attached hydrogen (secondary N) is 1. The van der Waals surface area contributed by atoms with Gasteiger partial charge in [0.1, 0.15) is 5.82 Å². The molecule has 10 heteroatoms. The molecule has 2 aromatic carbocycles. The van der Waals surface area contributed by atoms with Crippen LogP contribution in [0.25, 0.3) is 10.8 Å². The van der Waals surface area contributed by atoms with Crippen molar-refractivity contribution in [2.75, 3.05) is 62.3 Å². The van der Waals surface area contributed by atoms with Crippen LogP contribution >= 0.6 is 11.6 Å². The Bertz CT molecular complexity index is 1460. The van der Waals surface area contributed by atoms with Crippen LogP contribution in [0.2, 0.25) is 5.02 Å². The first-order chi connectivity index (χ1) is 20.2. The molecule has 1 N–H and O–H groups in total. The number of ether oxygens (including phenoxy) is 2. The van der Waals surface area contributed by atoms with Crippen LogP contribution < -0.4 is 19.9 Å². The van der Waals surface area contributed by atoms with E-state index in [0.29, 0.717) is 37.7 Å². The number of benzene rings is 2. The van der Waals surface area contributed by atoms with Crippen molar-refractivity contribution in [3.8, 4) is 12.1 Å². The average Bonchev–Trinajstić information content (AvgIpc) is 3.63. The number of piperazine rings is 1. The molecule has 3 fully saturated rings. The van der Waals surface area contributed by atoms with Crippen LogP contribution in [0, 0.1) is 11.3 Å². The lowest BCUT2D eigenvalue weighted by molar-refractivity contribution is 0.0287. The van der Waals surface area contributed by atoms with Gasteiger partial charge in [-0.05, 0) is 36.8 Å². The number of nitrogens with zero attached hydrogens (tertiary/aromatic N) is 6. The van der Waals surface area contributed by atoms with Gasteiger partial charge in [-0.1, -0.05) is 35.9 Å². The van der Waals surface area contributed by atoms with Crippen LogP contribution in [-0.2, 0) is 17.7 Å². The maximum absolute atomic E-state index is 9.30. The quantitative estimate of drug-likeness (QED) is 0.404. The molecule has 0 radical (unpaired) electrons. The van der Waals surface area contributed by atoms with Crippen LogP contribution in [0.5, 0.6) is 6.01 Å².